The molecule has 2 heterocycles. The van der Waals surface area contributed by atoms with Crippen molar-refractivity contribution in [2.75, 3.05) is 5.32 Å². The molecule has 0 aliphatic carbocycles. The fourth-order valence-corrected chi connectivity index (χ4v) is 3.37. The number of thiophene rings is 1. The summed E-state index contributed by atoms with van der Waals surface area (Å²) in [7, 11) is 0. The van der Waals surface area contributed by atoms with Gasteiger partial charge in [0.25, 0.3) is 0 Å². The number of hydrogen-bond acceptors (Lipinski definition) is 3. The minimum Gasteiger partial charge on any atom is -0.375 e. The Kier molecular flexibility index (Phi) is 3.70. The topological polar surface area (TPSA) is 24.9 Å². The lowest BCUT2D eigenvalue weighted by atomic mass is 10.0. The van der Waals surface area contributed by atoms with Gasteiger partial charge in [-0.05, 0) is 29.5 Å². The molecular weight excluding hydrogens is 264 g/mol. The van der Waals surface area contributed by atoms with E-state index in [0.29, 0.717) is 12.0 Å². The molecule has 20 heavy (non-hydrogen) atoms. The first kappa shape index (κ1) is 13.1. The van der Waals surface area contributed by atoms with Gasteiger partial charge in [0.1, 0.15) is 0 Å². The molecule has 1 N–H and O–H groups in total. The van der Waals surface area contributed by atoms with E-state index in [9.17, 15) is 0 Å². The van der Waals surface area contributed by atoms with Gasteiger partial charge in [0.05, 0.1) is 17.2 Å². The highest BCUT2D eigenvalue weighted by molar-refractivity contribution is 7.10. The van der Waals surface area contributed by atoms with Crippen molar-refractivity contribution in [3.05, 3.63) is 58.9 Å². The van der Waals surface area contributed by atoms with E-state index >= 15 is 0 Å². The Morgan fingerprint density at radius 3 is 2.65 bits per heavy atom. The number of benzene rings is 1. The number of nitrogens with zero attached hydrogens (tertiary/aromatic N) is 1. The van der Waals surface area contributed by atoms with Crippen molar-refractivity contribution in [2.45, 2.75) is 19.9 Å². The van der Waals surface area contributed by atoms with Crippen LogP contribution < -0.4 is 5.32 Å². The van der Waals surface area contributed by atoms with E-state index in [0.717, 1.165) is 11.2 Å². The maximum Gasteiger partial charge on any atom is 0.0933 e. The second-order valence-electron chi connectivity index (χ2n) is 5.26. The van der Waals surface area contributed by atoms with Crippen LogP contribution in [0.1, 0.15) is 24.8 Å². The number of anilines is 1. The van der Waals surface area contributed by atoms with Gasteiger partial charge in [-0.3, -0.25) is 4.98 Å². The fourth-order valence-electron chi connectivity index (χ4n) is 2.42. The molecule has 2 aromatic heterocycles. The SMILES string of the molecule is CC(C)C(Nc1cccc2cccnc12)c1cccs1. The molecule has 3 rings (SSSR count). The molecule has 1 unspecified atom stereocenters. The molecule has 0 bridgehead atoms. The molecule has 0 spiro atoms. The Morgan fingerprint density at radius 1 is 1.05 bits per heavy atom. The molecule has 0 aliphatic rings. The standard InChI is InChI=1S/C17H18N2S/c1-12(2)16(15-9-5-11-20-15)19-14-8-3-6-13-7-4-10-18-17(13)14/h3-12,16,19H,1-2H3. The van der Waals surface area contributed by atoms with E-state index in [1.54, 1.807) is 11.3 Å². The smallest absolute Gasteiger partial charge is 0.0933 e. The zero-order chi connectivity index (χ0) is 13.9. The van der Waals surface area contributed by atoms with Gasteiger partial charge in [-0.1, -0.05) is 38.1 Å². The lowest BCUT2D eigenvalue weighted by Crippen LogP contribution is -2.15. The summed E-state index contributed by atoms with van der Waals surface area (Å²) in [5.74, 6) is 0.521. The van der Waals surface area contributed by atoms with Crippen molar-refractivity contribution in [2.24, 2.45) is 5.92 Å². The van der Waals surface area contributed by atoms with E-state index in [-0.39, 0.29) is 0 Å². The van der Waals surface area contributed by atoms with Gasteiger partial charge in [0.15, 0.2) is 0 Å². The van der Waals surface area contributed by atoms with Crippen molar-refractivity contribution >= 4 is 27.9 Å². The van der Waals surface area contributed by atoms with Gasteiger partial charge in [-0.25, -0.2) is 0 Å². The average molecular weight is 282 g/mol. The first-order valence-electron chi connectivity index (χ1n) is 6.89. The third-order valence-corrected chi connectivity index (χ3v) is 4.42. The largest absolute Gasteiger partial charge is 0.375 e. The Bertz CT molecular complexity index is 684. The molecule has 2 nitrogen and oxygen atoms in total. The molecule has 1 atom stereocenters. The number of hydrogen-bond donors (Lipinski definition) is 1. The molecule has 0 amide bonds. The van der Waals surface area contributed by atoms with Crippen LogP contribution in [0.4, 0.5) is 5.69 Å². The van der Waals surface area contributed by atoms with Crippen LogP contribution >= 0.6 is 11.3 Å². The first-order chi connectivity index (χ1) is 9.75. The van der Waals surface area contributed by atoms with Crippen molar-refractivity contribution in [3.8, 4) is 0 Å². The van der Waals surface area contributed by atoms with Crippen molar-refractivity contribution in [3.63, 3.8) is 0 Å². The summed E-state index contributed by atoms with van der Waals surface area (Å²) < 4.78 is 0. The fraction of sp³-hybridized carbons (Fsp3) is 0.235. The monoisotopic (exact) mass is 282 g/mol. The molecular formula is C17H18N2S. The Hall–Kier alpha value is -1.87. The lowest BCUT2D eigenvalue weighted by molar-refractivity contribution is 0.554. The number of fused-ring (bicyclic) bond motifs is 1. The van der Waals surface area contributed by atoms with Crippen LogP contribution in [0, 0.1) is 5.92 Å². The summed E-state index contributed by atoms with van der Waals surface area (Å²) >= 11 is 1.80. The highest BCUT2D eigenvalue weighted by Crippen LogP contribution is 2.31. The summed E-state index contributed by atoms with van der Waals surface area (Å²) in [5, 5.41) is 6.98. The molecule has 3 aromatic rings. The molecule has 3 heteroatoms. The quantitative estimate of drug-likeness (QED) is 0.719. The molecule has 102 valence electrons. The predicted molar refractivity (Wildman–Crippen MR) is 87.3 cm³/mol. The Morgan fingerprint density at radius 2 is 1.90 bits per heavy atom. The third kappa shape index (κ3) is 2.54. The van der Waals surface area contributed by atoms with Crippen LogP contribution in [-0.2, 0) is 0 Å². The molecule has 0 fully saturated rings. The minimum atomic E-state index is 0.322. The van der Waals surface area contributed by atoms with Gasteiger partial charge in [0, 0.05) is 16.5 Å². The average Bonchev–Trinajstić information content (AvgIpc) is 2.98. The molecule has 0 saturated carbocycles. The first-order valence-corrected chi connectivity index (χ1v) is 7.77. The van der Waals surface area contributed by atoms with Gasteiger partial charge in [-0.15, -0.1) is 11.3 Å². The predicted octanol–water partition coefficient (Wildman–Crippen LogP) is 5.11. The summed E-state index contributed by atoms with van der Waals surface area (Å²) in [6, 6.07) is 15.0. The summed E-state index contributed by atoms with van der Waals surface area (Å²) in [4.78, 5) is 5.88. The van der Waals surface area contributed by atoms with Crippen LogP contribution in [0.5, 0.6) is 0 Å². The number of nitrogens with one attached hydrogen (secondary N) is 1. The van der Waals surface area contributed by atoms with Gasteiger partial charge in [-0.2, -0.15) is 0 Å². The lowest BCUT2D eigenvalue weighted by Gasteiger charge is -2.23. The minimum absolute atomic E-state index is 0.322. The zero-order valence-corrected chi connectivity index (χ0v) is 12.5. The summed E-state index contributed by atoms with van der Waals surface area (Å²) in [6.45, 7) is 4.49. The maximum absolute atomic E-state index is 4.52. The highest BCUT2D eigenvalue weighted by Gasteiger charge is 2.17. The second-order valence-corrected chi connectivity index (χ2v) is 6.24. The van der Waals surface area contributed by atoms with E-state index in [4.69, 9.17) is 0 Å². The molecule has 0 saturated heterocycles. The number of aromatic nitrogens is 1. The van der Waals surface area contributed by atoms with Gasteiger partial charge >= 0.3 is 0 Å². The number of pyridine rings is 1. The van der Waals surface area contributed by atoms with Crippen LogP contribution in [-0.4, -0.2) is 4.98 Å². The Labute approximate surface area is 123 Å². The number of para-hydroxylation sites is 1. The van der Waals surface area contributed by atoms with Crippen LogP contribution in [0.3, 0.4) is 0 Å². The molecule has 0 aliphatic heterocycles. The van der Waals surface area contributed by atoms with E-state index < -0.39 is 0 Å². The summed E-state index contributed by atoms with van der Waals surface area (Å²) in [6.07, 6.45) is 1.85. The van der Waals surface area contributed by atoms with Gasteiger partial charge in [0.2, 0.25) is 0 Å². The molecule has 0 radical (unpaired) electrons. The van der Waals surface area contributed by atoms with Crippen molar-refractivity contribution < 1.29 is 0 Å². The van der Waals surface area contributed by atoms with Crippen molar-refractivity contribution in [1.29, 1.82) is 0 Å². The number of rotatable bonds is 4. The second kappa shape index (κ2) is 5.63. The Balaban J connectivity index is 1.99. The highest BCUT2D eigenvalue weighted by atomic mass is 32.1. The van der Waals surface area contributed by atoms with Gasteiger partial charge < -0.3 is 5.32 Å². The van der Waals surface area contributed by atoms with E-state index in [1.807, 2.05) is 12.3 Å². The van der Waals surface area contributed by atoms with E-state index in [2.05, 4.69) is 65.9 Å². The van der Waals surface area contributed by atoms with E-state index in [1.165, 1.54) is 10.3 Å². The van der Waals surface area contributed by atoms with Crippen LogP contribution in [0.2, 0.25) is 0 Å². The summed E-state index contributed by atoms with van der Waals surface area (Å²) in [5.41, 5.74) is 2.15. The van der Waals surface area contributed by atoms with Crippen LogP contribution in [0.25, 0.3) is 10.9 Å². The van der Waals surface area contributed by atoms with Crippen LogP contribution in [0.15, 0.2) is 54.0 Å². The zero-order valence-electron chi connectivity index (χ0n) is 11.7. The van der Waals surface area contributed by atoms with Crippen molar-refractivity contribution in [1.82, 2.24) is 4.98 Å². The molecule has 1 aromatic carbocycles. The third-order valence-electron chi connectivity index (χ3n) is 3.46. The maximum atomic E-state index is 4.52. The normalized spacial score (nSPS) is 12.8.